The van der Waals surface area contributed by atoms with Crippen LogP contribution in [-0.2, 0) is 11.2 Å². The average Bonchev–Trinajstić information content (AvgIpc) is 2.35. The number of carboxylic acid groups (broad SMARTS) is 1. The molecular weight excluding hydrogens is 252 g/mol. The zero-order valence-electron chi connectivity index (χ0n) is 11.3. The maximum atomic E-state index is 11.4. The Hall–Kier alpha value is -2.24. The minimum absolute atomic E-state index is 0.0155. The molecule has 6 heteroatoms. The second kappa shape index (κ2) is 6.08. The molecule has 0 atom stereocenters. The Morgan fingerprint density at radius 2 is 1.68 bits per heavy atom. The van der Waals surface area contributed by atoms with E-state index in [4.69, 9.17) is 14.2 Å². The van der Waals surface area contributed by atoms with Gasteiger partial charge in [0.15, 0.2) is 11.5 Å². The molecule has 0 heterocycles. The van der Waals surface area contributed by atoms with Gasteiger partial charge in [-0.15, -0.1) is 0 Å². The van der Waals surface area contributed by atoms with Gasteiger partial charge in [0.05, 0.1) is 21.3 Å². The van der Waals surface area contributed by atoms with Crippen LogP contribution in [0.25, 0.3) is 0 Å². The molecule has 0 unspecified atom stereocenters. The molecular formula is C13H16O6. The highest BCUT2D eigenvalue weighted by Gasteiger charge is 2.25. The van der Waals surface area contributed by atoms with Gasteiger partial charge in [0.1, 0.15) is 11.3 Å². The summed E-state index contributed by atoms with van der Waals surface area (Å²) in [7, 11) is 4.15. The number of hydrogen-bond donors (Lipinski definition) is 1. The van der Waals surface area contributed by atoms with Crippen LogP contribution >= 0.6 is 0 Å². The van der Waals surface area contributed by atoms with Crippen molar-refractivity contribution in [2.24, 2.45) is 0 Å². The van der Waals surface area contributed by atoms with E-state index in [1.165, 1.54) is 34.3 Å². The Balaban J connectivity index is 3.62. The van der Waals surface area contributed by atoms with Crippen molar-refractivity contribution in [3.8, 4) is 17.2 Å². The number of carbonyl (C=O) groups excluding carboxylic acids is 1. The van der Waals surface area contributed by atoms with E-state index in [0.29, 0.717) is 11.3 Å². The fourth-order valence-corrected chi connectivity index (χ4v) is 1.85. The number of carboxylic acids is 1. The lowest BCUT2D eigenvalue weighted by Gasteiger charge is -2.17. The smallest absolute Gasteiger partial charge is 0.339 e. The van der Waals surface area contributed by atoms with E-state index in [1.54, 1.807) is 0 Å². The number of rotatable bonds is 6. The lowest BCUT2D eigenvalue weighted by atomic mass is 10.00. The summed E-state index contributed by atoms with van der Waals surface area (Å²) in [4.78, 5) is 22.6. The van der Waals surface area contributed by atoms with Gasteiger partial charge in [-0.1, -0.05) is 0 Å². The van der Waals surface area contributed by atoms with Crippen LogP contribution in [0, 0.1) is 0 Å². The van der Waals surface area contributed by atoms with Crippen molar-refractivity contribution in [1.82, 2.24) is 0 Å². The third-order valence-corrected chi connectivity index (χ3v) is 2.56. The van der Waals surface area contributed by atoms with Crippen LogP contribution in [-0.4, -0.2) is 38.2 Å². The molecule has 0 aromatic heterocycles. The largest absolute Gasteiger partial charge is 0.493 e. The van der Waals surface area contributed by atoms with E-state index >= 15 is 0 Å². The molecule has 1 rings (SSSR count). The van der Waals surface area contributed by atoms with Gasteiger partial charge < -0.3 is 19.3 Å². The Labute approximate surface area is 110 Å². The number of aromatic carboxylic acids is 1. The summed E-state index contributed by atoms with van der Waals surface area (Å²) >= 11 is 0. The Morgan fingerprint density at radius 3 is 2.05 bits per heavy atom. The summed E-state index contributed by atoms with van der Waals surface area (Å²) in [6, 6.07) is 1.48. The van der Waals surface area contributed by atoms with Gasteiger partial charge in [0.2, 0.25) is 5.75 Å². The molecule has 0 aliphatic carbocycles. The molecule has 0 amide bonds. The molecule has 1 N–H and O–H groups in total. The van der Waals surface area contributed by atoms with Gasteiger partial charge in [-0.2, -0.15) is 0 Å². The lowest BCUT2D eigenvalue weighted by molar-refractivity contribution is -0.116. The van der Waals surface area contributed by atoms with Crippen LogP contribution in [0.2, 0.25) is 0 Å². The average molecular weight is 268 g/mol. The first-order valence-corrected chi connectivity index (χ1v) is 5.50. The van der Waals surface area contributed by atoms with E-state index < -0.39 is 5.97 Å². The molecule has 0 saturated carbocycles. The Kier molecular flexibility index (Phi) is 4.74. The van der Waals surface area contributed by atoms with Gasteiger partial charge in [0.25, 0.3) is 0 Å². The monoisotopic (exact) mass is 268 g/mol. The van der Waals surface area contributed by atoms with Crippen LogP contribution in [0.15, 0.2) is 6.07 Å². The quantitative estimate of drug-likeness (QED) is 0.842. The molecule has 0 aliphatic heterocycles. The first kappa shape index (κ1) is 14.8. The summed E-state index contributed by atoms with van der Waals surface area (Å²) in [5, 5.41) is 9.29. The molecule has 0 fully saturated rings. The van der Waals surface area contributed by atoms with Gasteiger partial charge in [-0.05, 0) is 18.6 Å². The van der Waals surface area contributed by atoms with Crippen molar-refractivity contribution < 1.29 is 28.9 Å². The molecule has 0 aliphatic rings. The molecule has 0 radical (unpaired) electrons. The predicted molar refractivity (Wildman–Crippen MR) is 67.4 cm³/mol. The van der Waals surface area contributed by atoms with E-state index in [0.717, 1.165) is 0 Å². The lowest BCUT2D eigenvalue weighted by Crippen LogP contribution is -2.10. The normalized spacial score (nSPS) is 9.89. The maximum Gasteiger partial charge on any atom is 0.339 e. The molecule has 1 aromatic rings. The topological polar surface area (TPSA) is 82.1 Å². The highest BCUT2D eigenvalue weighted by Crippen LogP contribution is 2.42. The van der Waals surface area contributed by atoms with Crippen molar-refractivity contribution in [3.05, 3.63) is 17.2 Å². The van der Waals surface area contributed by atoms with Crippen molar-refractivity contribution in [1.29, 1.82) is 0 Å². The number of methoxy groups -OCH3 is 3. The van der Waals surface area contributed by atoms with E-state index in [1.807, 2.05) is 0 Å². The van der Waals surface area contributed by atoms with Gasteiger partial charge in [0, 0.05) is 6.42 Å². The highest BCUT2D eigenvalue weighted by molar-refractivity contribution is 5.96. The number of Topliss-reactive ketones (excluding diaryl/α,β-unsaturated/α-hetero) is 1. The summed E-state index contributed by atoms with van der Waals surface area (Å²) < 4.78 is 15.3. The molecule has 104 valence electrons. The zero-order chi connectivity index (χ0) is 14.6. The van der Waals surface area contributed by atoms with Gasteiger partial charge in [-0.25, -0.2) is 4.79 Å². The second-order valence-electron chi connectivity index (χ2n) is 3.86. The SMILES string of the molecule is COc1cc(CC(C)=O)c(C(=O)O)c(OC)c1OC. The van der Waals surface area contributed by atoms with Crippen LogP contribution in [0.4, 0.5) is 0 Å². The minimum atomic E-state index is -1.19. The molecule has 6 nitrogen and oxygen atoms in total. The fraction of sp³-hybridized carbons (Fsp3) is 0.385. The van der Waals surface area contributed by atoms with E-state index in [2.05, 4.69) is 0 Å². The summed E-state index contributed by atoms with van der Waals surface area (Å²) in [5.74, 6) is -0.785. The number of ether oxygens (including phenoxy) is 3. The second-order valence-corrected chi connectivity index (χ2v) is 3.86. The zero-order valence-corrected chi connectivity index (χ0v) is 11.3. The van der Waals surface area contributed by atoms with Gasteiger partial charge >= 0.3 is 5.97 Å². The summed E-state index contributed by atoms with van der Waals surface area (Å²) in [6.07, 6.45) is -0.0155. The fourth-order valence-electron chi connectivity index (χ4n) is 1.85. The number of benzene rings is 1. The van der Waals surface area contributed by atoms with Crippen LogP contribution < -0.4 is 14.2 Å². The highest BCUT2D eigenvalue weighted by atomic mass is 16.5. The maximum absolute atomic E-state index is 11.4. The van der Waals surface area contributed by atoms with Crippen molar-refractivity contribution in [2.45, 2.75) is 13.3 Å². The van der Waals surface area contributed by atoms with Crippen LogP contribution in [0.1, 0.15) is 22.8 Å². The van der Waals surface area contributed by atoms with Crippen LogP contribution in [0.3, 0.4) is 0 Å². The van der Waals surface area contributed by atoms with E-state index in [-0.39, 0.29) is 29.3 Å². The predicted octanol–water partition coefficient (Wildman–Crippen LogP) is 1.54. The van der Waals surface area contributed by atoms with Crippen molar-refractivity contribution in [3.63, 3.8) is 0 Å². The first-order chi connectivity index (χ1) is 8.96. The number of ketones is 1. The first-order valence-electron chi connectivity index (χ1n) is 5.50. The van der Waals surface area contributed by atoms with Gasteiger partial charge in [-0.3, -0.25) is 4.79 Å². The summed E-state index contributed by atoms with van der Waals surface area (Å²) in [6.45, 7) is 1.38. The molecule has 1 aromatic carbocycles. The standard InChI is InChI=1S/C13H16O6/c1-7(14)5-8-6-9(17-2)11(18-3)12(19-4)10(8)13(15)16/h6H,5H2,1-4H3,(H,15,16). The molecule has 0 spiro atoms. The molecule has 0 bridgehead atoms. The van der Waals surface area contributed by atoms with Crippen LogP contribution in [0.5, 0.6) is 17.2 Å². The van der Waals surface area contributed by atoms with Crippen molar-refractivity contribution in [2.75, 3.05) is 21.3 Å². The van der Waals surface area contributed by atoms with E-state index in [9.17, 15) is 14.7 Å². The van der Waals surface area contributed by atoms with Crippen molar-refractivity contribution >= 4 is 11.8 Å². The molecule has 19 heavy (non-hydrogen) atoms. The third-order valence-electron chi connectivity index (χ3n) is 2.56. The minimum Gasteiger partial charge on any atom is -0.493 e. The molecule has 0 saturated heterocycles. The Bertz CT molecular complexity index is 506. The third kappa shape index (κ3) is 2.96. The summed E-state index contributed by atoms with van der Waals surface area (Å²) in [5.41, 5.74) is 0.241. The Morgan fingerprint density at radius 1 is 1.11 bits per heavy atom. The number of carbonyl (C=O) groups is 2. The number of hydrogen-bond acceptors (Lipinski definition) is 5.